The van der Waals surface area contributed by atoms with Crippen molar-refractivity contribution in [3.05, 3.63) is 30.3 Å². The van der Waals surface area contributed by atoms with E-state index in [0.29, 0.717) is 0 Å². The van der Waals surface area contributed by atoms with Gasteiger partial charge in [0.1, 0.15) is 0 Å². The van der Waals surface area contributed by atoms with Gasteiger partial charge < -0.3 is 11.1 Å². The molecule has 2 heteroatoms. The van der Waals surface area contributed by atoms with E-state index in [0.717, 1.165) is 12.1 Å². The second-order valence-corrected chi connectivity index (χ2v) is 2.53. The molecule has 2 nitrogen and oxygen atoms in total. The molecule has 0 spiro atoms. The first-order chi connectivity index (χ1) is 5.33. The minimum Gasteiger partial charge on any atom is -0.370 e. The highest BCUT2D eigenvalue weighted by Crippen LogP contribution is 2.05. The number of anilines is 1. The van der Waals surface area contributed by atoms with Gasteiger partial charge in [-0.15, -0.1) is 0 Å². The first kappa shape index (κ1) is 8.08. The molecule has 1 aromatic rings. The van der Waals surface area contributed by atoms with Crippen molar-refractivity contribution in [2.45, 2.75) is 19.5 Å². The van der Waals surface area contributed by atoms with E-state index in [-0.39, 0.29) is 6.17 Å². The van der Waals surface area contributed by atoms with Crippen molar-refractivity contribution < 1.29 is 0 Å². The Kier molecular flexibility index (Phi) is 2.93. The summed E-state index contributed by atoms with van der Waals surface area (Å²) in [6.07, 6.45) is 1.01. The average molecular weight is 150 g/mol. The van der Waals surface area contributed by atoms with E-state index >= 15 is 0 Å². The Morgan fingerprint density at radius 1 is 1.36 bits per heavy atom. The summed E-state index contributed by atoms with van der Waals surface area (Å²) < 4.78 is 0. The van der Waals surface area contributed by atoms with E-state index in [1.165, 1.54) is 0 Å². The van der Waals surface area contributed by atoms with Crippen LogP contribution < -0.4 is 11.1 Å². The van der Waals surface area contributed by atoms with Crippen LogP contribution in [0.4, 0.5) is 5.69 Å². The lowest BCUT2D eigenvalue weighted by molar-refractivity contribution is 0.730. The van der Waals surface area contributed by atoms with Crippen molar-refractivity contribution in [1.82, 2.24) is 0 Å². The molecule has 60 valence electrons. The van der Waals surface area contributed by atoms with Crippen molar-refractivity contribution in [3.8, 4) is 0 Å². The molecule has 1 aromatic carbocycles. The SMILES string of the molecule is CCC(N)Nc1ccccc1. The van der Waals surface area contributed by atoms with Crippen LogP contribution in [0.3, 0.4) is 0 Å². The van der Waals surface area contributed by atoms with Crippen LogP contribution in [0, 0.1) is 0 Å². The maximum atomic E-state index is 5.69. The van der Waals surface area contributed by atoms with Gasteiger partial charge in [0.05, 0.1) is 6.17 Å². The molecule has 11 heavy (non-hydrogen) atoms. The van der Waals surface area contributed by atoms with E-state index in [1.54, 1.807) is 0 Å². The van der Waals surface area contributed by atoms with Crippen LogP contribution in [0.1, 0.15) is 13.3 Å². The number of rotatable bonds is 3. The minimum absolute atomic E-state index is 0.0670. The van der Waals surface area contributed by atoms with Crippen LogP contribution in [0.25, 0.3) is 0 Å². The third-order valence-corrected chi connectivity index (χ3v) is 1.57. The van der Waals surface area contributed by atoms with E-state index in [1.807, 2.05) is 30.3 Å². The Bertz CT molecular complexity index is 196. The average Bonchev–Trinajstić information content (AvgIpc) is 2.06. The highest BCUT2D eigenvalue weighted by molar-refractivity contribution is 5.42. The van der Waals surface area contributed by atoms with Gasteiger partial charge in [-0.2, -0.15) is 0 Å². The molecule has 3 N–H and O–H groups in total. The molecule has 1 unspecified atom stereocenters. The second kappa shape index (κ2) is 3.98. The van der Waals surface area contributed by atoms with Gasteiger partial charge in [0, 0.05) is 5.69 Å². The summed E-state index contributed by atoms with van der Waals surface area (Å²) in [5, 5.41) is 3.17. The van der Waals surface area contributed by atoms with Gasteiger partial charge in [-0.1, -0.05) is 25.1 Å². The van der Waals surface area contributed by atoms with Gasteiger partial charge >= 0.3 is 0 Å². The van der Waals surface area contributed by atoms with Gasteiger partial charge in [0.2, 0.25) is 0 Å². The van der Waals surface area contributed by atoms with Crippen molar-refractivity contribution in [3.63, 3.8) is 0 Å². The van der Waals surface area contributed by atoms with Crippen molar-refractivity contribution in [2.24, 2.45) is 5.73 Å². The standard InChI is InChI=1S/C9H14N2/c1-2-9(10)11-8-6-4-3-5-7-8/h3-7,9,11H,2,10H2,1H3. The Morgan fingerprint density at radius 3 is 2.55 bits per heavy atom. The van der Waals surface area contributed by atoms with Crippen LogP contribution in [0.15, 0.2) is 30.3 Å². The quantitative estimate of drug-likeness (QED) is 0.645. The predicted molar refractivity (Wildman–Crippen MR) is 48.3 cm³/mol. The fraction of sp³-hybridized carbons (Fsp3) is 0.333. The monoisotopic (exact) mass is 150 g/mol. The molecule has 1 atom stereocenters. The van der Waals surface area contributed by atoms with Crippen molar-refractivity contribution in [1.29, 1.82) is 0 Å². The number of hydrogen-bond donors (Lipinski definition) is 2. The predicted octanol–water partition coefficient (Wildman–Crippen LogP) is 1.79. The Balaban J connectivity index is 2.51. The number of benzene rings is 1. The normalized spacial score (nSPS) is 12.5. The molecule has 0 bridgehead atoms. The van der Waals surface area contributed by atoms with E-state index < -0.39 is 0 Å². The molecule has 0 amide bonds. The highest BCUT2D eigenvalue weighted by Gasteiger charge is 1.95. The zero-order valence-electron chi connectivity index (χ0n) is 6.75. The lowest BCUT2D eigenvalue weighted by Crippen LogP contribution is -2.28. The minimum atomic E-state index is 0.0670. The molecule has 1 rings (SSSR count). The summed E-state index contributed by atoms with van der Waals surface area (Å²) in [5.41, 5.74) is 6.78. The smallest absolute Gasteiger partial charge is 0.0740 e. The van der Waals surface area contributed by atoms with Crippen LogP contribution in [-0.2, 0) is 0 Å². The molecule has 0 aliphatic rings. The molecule has 0 aliphatic heterocycles. The topological polar surface area (TPSA) is 38.0 Å². The molecule has 0 saturated heterocycles. The van der Waals surface area contributed by atoms with Gasteiger partial charge in [0.15, 0.2) is 0 Å². The van der Waals surface area contributed by atoms with Crippen LogP contribution >= 0.6 is 0 Å². The second-order valence-electron chi connectivity index (χ2n) is 2.53. The van der Waals surface area contributed by atoms with Crippen molar-refractivity contribution >= 4 is 5.69 Å². The van der Waals surface area contributed by atoms with Gasteiger partial charge in [0.25, 0.3) is 0 Å². The van der Waals surface area contributed by atoms with Gasteiger partial charge in [-0.3, -0.25) is 0 Å². The number of hydrogen-bond acceptors (Lipinski definition) is 2. The molecular formula is C9H14N2. The summed E-state index contributed by atoms with van der Waals surface area (Å²) in [6, 6.07) is 9.99. The zero-order chi connectivity index (χ0) is 8.10. The fourth-order valence-corrected chi connectivity index (χ4v) is 0.851. The largest absolute Gasteiger partial charge is 0.370 e. The molecule has 0 radical (unpaired) electrons. The van der Waals surface area contributed by atoms with Crippen LogP contribution in [-0.4, -0.2) is 6.17 Å². The Labute approximate surface area is 67.4 Å². The van der Waals surface area contributed by atoms with E-state index in [4.69, 9.17) is 5.73 Å². The van der Waals surface area contributed by atoms with E-state index in [2.05, 4.69) is 12.2 Å². The lowest BCUT2D eigenvalue weighted by atomic mass is 10.3. The summed E-state index contributed by atoms with van der Waals surface area (Å²) in [4.78, 5) is 0. The summed E-state index contributed by atoms with van der Waals surface area (Å²) in [5.74, 6) is 0. The van der Waals surface area contributed by atoms with Crippen LogP contribution in [0.2, 0.25) is 0 Å². The molecular weight excluding hydrogens is 136 g/mol. The fourth-order valence-electron chi connectivity index (χ4n) is 0.851. The third kappa shape index (κ3) is 2.60. The number of nitrogens with one attached hydrogen (secondary N) is 1. The molecule has 0 aromatic heterocycles. The number of para-hydroxylation sites is 1. The van der Waals surface area contributed by atoms with E-state index in [9.17, 15) is 0 Å². The Hall–Kier alpha value is -1.02. The third-order valence-electron chi connectivity index (χ3n) is 1.57. The maximum Gasteiger partial charge on any atom is 0.0740 e. The molecule has 0 heterocycles. The molecule has 0 fully saturated rings. The zero-order valence-corrected chi connectivity index (χ0v) is 6.75. The first-order valence-electron chi connectivity index (χ1n) is 3.90. The van der Waals surface area contributed by atoms with Gasteiger partial charge in [-0.05, 0) is 18.6 Å². The molecule has 0 aliphatic carbocycles. The Morgan fingerprint density at radius 2 is 2.00 bits per heavy atom. The van der Waals surface area contributed by atoms with Crippen molar-refractivity contribution in [2.75, 3.05) is 5.32 Å². The summed E-state index contributed by atoms with van der Waals surface area (Å²) in [7, 11) is 0. The summed E-state index contributed by atoms with van der Waals surface area (Å²) >= 11 is 0. The first-order valence-corrected chi connectivity index (χ1v) is 3.90. The van der Waals surface area contributed by atoms with Gasteiger partial charge in [-0.25, -0.2) is 0 Å². The lowest BCUT2D eigenvalue weighted by Gasteiger charge is -2.11. The maximum absolute atomic E-state index is 5.69. The number of nitrogens with two attached hydrogens (primary N) is 1. The van der Waals surface area contributed by atoms with Crippen LogP contribution in [0.5, 0.6) is 0 Å². The molecule has 0 saturated carbocycles. The summed E-state index contributed by atoms with van der Waals surface area (Å²) in [6.45, 7) is 2.06. The highest BCUT2D eigenvalue weighted by atomic mass is 15.0.